The van der Waals surface area contributed by atoms with Gasteiger partial charge in [0.05, 0.1) is 0 Å². The molecule has 0 bridgehead atoms. The van der Waals surface area contributed by atoms with Crippen LogP contribution in [0.1, 0.15) is 11.1 Å². The van der Waals surface area contributed by atoms with E-state index < -0.39 is 5.63 Å². The molecule has 7 heteroatoms. The standard InChI is InChI=1S/C22H20ClFN2O3/c1-13-17-4-3-16(11-20(17)29-22(27)21(13)23)28-9-8-25-7-6-14-12-26-19-5-2-15(24)10-18(14)19/h2-5,10-12,25-26H,6-9H2,1H3. The molecule has 0 radical (unpaired) electrons. The highest BCUT2D eigenvalue weighted by Crippen LogP contribution is 2.26. The lowest BCUT2D eigenvalue weighted by atomic mass is 10.1. The molecule has 150 valence electrons. The van der Waals surface area contributed by atoms with Crippen LogP contribution in [-0.2, 0) is 6.42 Å². The summed E-state index contributed by atoms with van der Waals surface area (Å²) in [6, 6.07) is 10.1. The van der Waals surface area contributed by atoms with E-state index in [2.05, 4.69) is 10.3 Å². The minimum Gasteiger partial charge on any atom is -0.492 e. The Morgan fingerprint density at radius 1 is 1.17 bits per heavy atom. The number of benzene rings is 2. The van der Waals surface area contributed by atoms with Crippen molar-refractivity contribution in [3.8, 4) is 5.75 Å². The number of nitrogens with one attached hydrogen (secondary N) is 2. The summed E-state index contributed by atoms with van der Waals surface area (Å²) in [7, 11) is 0. The Morgan fingerprint density at radius 2 is 2.03 bits per heavy atom. The molecule has 5 nitrogen and oxygen atoms in total. The second-order valence-electron chi connectivity index (χ2n) is 6.84. The van der Waals surface area contributed by atoms with Gasteiger partial charge >= 0.3 is 5.63 Å². The normalized spacial score (nSPS) is 11.4. The molecule has 29 heavy (non-hydrogen) atoms. The average molecular weight is 415 g/mol. The summed E-state index contributed by atoms with van der Waals surface area (Å²) in [5, 5.41) is 5.12. The molecule has 0 saturated carbocycles. The molecule has 4 rings (SSSR count). The van der Waals surface area contributed by atoms with Crippen LogP contribution in [0.2, 0.25) is 5.02 Å². The van der Waals surface area contributed by atoms with Crippen molar-refractivity contribution >= 4 is 33.5 Å². The first-order valence-electron chi connectivity index (χ1n) is 9.35. The average Bonchev–Trinajstić information content (AvgIpc) is 3.10. The van der Waals surface area contributed by atoms with Crippen molar-refractivity contribution in [3.05, 3.63) is 75.0 Å². The molecular formula is C22H20ClFN2O3. The van der Waals surface area contributed by atoms with Gasteiger partial charge in [0.15, 0.2) is 0 Å². The van der Waals surface area contributed by atoms with Gasteiger partial charge in [0.2, 0.25) is 0 Å². The highest BCUT2D eigenvalue weighted by Gasteiger charge is 2.10. The number of fused-ring (bicyclic) bond motifs is 2. The Bertz CT molecular complexity index is 1230. The van der Waals surface area contributed by atoms with Crippen molar-refractivity contribution in [2.45, 2.75) is 13.3 Å². The van der Waals surface area contributed by atoms with Crippen molar-refractivity contribution in [1.29, 1.82) is 0 Å². The number of H-pyrrole nitrogens is 1. The minimum atomic E-state index is -0.548. The fraction of sp³-hybridized carbons (Fsp3) is 0.227. The summed E-state index contributed by atoms with van der Waals surface area (Å²) < 4.78 is 24.4. The van der Waals surface area contributed by atoms with Gasteiger partial charge in [-0.2, -0.15) is 0 Å². The molecule has 2 aromatic carbocycles. The van der Waals surface area contributed by atoms with E-state index in [0.717, 1.165) is 34.8 Å². The van der Waals surface area contributed by atoms with Gasteiger partial charge in [0.25, 0.3) is 0 Å². The number of rotatable bonds is 7. The third-order valence-corrected chi connectivity index (χ3v) is 5.35. The number of hydrogen-bond acceptors (Lipinski definition) is 4. The van der Waals surface area contributed by atoms with E-state index in [1.54, 1.807) is 25.1 Å². The van der Waals surface area contributed by atoms with Crippen molar-refractivity contribution < 1.29 is 13.5 Å². The molecule has 0 aliphatic carbocycles. The second-order valence-corrected chi connectivity index (χ2v) is 7.22. The Labute approximate surface area is 171 Å². The Balaban J connectivity index is 1.29. The molecule has 0 aliphatic rings. The molecule has 0 atom stereocenters. The van der Waals surface area contributed by atoms with Crippen LogP contribution in [-0.4, -0.2) is 24.7 Å². The van der Waals surface area contributed by atoms with Crippen LogP contribution in [0.5, 0.6) is 5.75 Å². The smallest absolute Gasteiger partial charge is 0.355 e. The van der Waals surface area contributed by atoms with Gasteiger partial charge in [0, 0.05) is 35.1 Å². The minimum absolute atomic E-state index is 0.105. The van der Waals surface area contributed by atoms with Crippen LogP contribution in [0.4, 0.5) is 4.39 Å². The van der Waals surface area contributed by atoms with E-state index in [1.165, 1.54) is 6.07 Å². The molecule has 2 N–H and O–H groups in total. The lowest BCUT2D eigenvalue weighted by Crippen LogP contribution is -2.23. The topological polar surface area (TPSA) is 67.3 Å². The molecule has 0 fully saturated rings. The third-order valence-electron chi connectivity index (χ3n) is 4.92. The molecule has 0 spiro atoms. The molecule has 2 heterocycles. The molecule has 0 saturated heterocycles. The van der Waals surface area contributed by atoms with Crippen molar-refractivity contribution in [3.63, 3.8) is 0 Å². The van der Waals surface area contributed by atoms with Crippen LogP contribution >= 0.6 is 11.6 Å². The zero-order valence-electron chi connectivity index (χ0n) is 15.9. The fourth-order valence-corrected chi connectivity index (χ4v) is 3.49. The van der Waals surface area contributed by atoms with Gasteiger partial charge < -0.3 is 19.5 Å². The number of halogens is 2. The van der Waals surface area contributed by atoms with E-state index in [-0.39, 0.29) is 10.8 Å². The van der Waals surface area contributed by atoms with Gasteiger partial charge in [-0.15, -0.1) is 0 Å². The van der Waals surface area contributed by atoms with Gasteiger partial charge in [-0.25, -0.2) is 9.18 Å². The monoisotopic (exact) mass is 414 g/mol. The number of aromatic amines is 1. The van der Waals surface area contributed by atoms with Crippen LogP contribution in [0.15, 0.2) is 51.8 Å². The molecular weight excluding hydrogens is 395 g/mol. The predicted molar refractivity (Wildman–Crippen MR) is 113 cm³/mol. The Kier molecular flexibility index (Phi) is 5.56. The Hall–Kier alpha value is -2.83. The van der Waals surface area contributed by atoms with Crippen LogP contribution in [0, 0.1) is 12.7 Å². The lowest BCUT2D eigenvalue weighted by Gasteiger charge is -2.09. The van der Waals surface area contributed by atoms with E-state index in [1.807, 2.05) is 18.3 Å². The first-order valence-corrected chi connectivity index (χ1v) is 9.73. The second kappa shape index (κ2) is 8.27. The summed E-state index contributed by atoms with van der Waals surface area (Å²) in [6.07, 6.45) is 2.70. The van der Waals surface area contributed by atoms with Crippen molar-refractivity contribution in [1.82, 2.24) is 10.3 Å². The van der Waals surface area contributed by atoms with E-state index in [9.17, 15) is 9.18 Å². The number of hydrogen-bond donors (Lipinski definition) is 2. The summed E-state index contributed by atoms with van der Waals surface area (Å²) in [4.78, 5) is 14.9. The summed E-state index contributed by atoms with van der Waals surface area (Å²) in [5.74, 6) is 0.389. The molecule has 4 aromatic rings. The predicted octanol–water partition coefficient (Wildman–Crippen LogP) is 4.59. The van der Waals surface area contributed by atoms with Gasteiger partial charge in [-0.3, -0.25) is 0 Å². The van der Waals surface area contributed by atoms with Crippen LogP contribution in [0.3, 0.4) is 0 Å². The fourth-order valence-electron chi connectivity index (χ4n) is 3.35. The number of aryl methyl sites for hydroxylation is 1. The maximum Gasteiger partial charge on any atom is 0.355 e. The zero-order chi connectivity index (χ0) is 20.4. The molecule has 0 unspecified atom stereocenters. The molecule has 2 aromatic heterocycles. The summed E-state index contributed by atoms with van der Waals surface area (Å²) >= 11 is 5.94. The number of ether oxygens (including phenoxy) is 1. The first kappa shape index (κ1) is 19.5. The third kappa shape index (κ3) is 4.13. The highest BCUT2D eigenvalue weighted by atomic mass is 35.5. The SMILES string of the molecule is Cc1c(Cl)c(=O)oc2cc(OCCNCCc3c[nH]c4ccc(F)cc34)ccc12. The van der Waals surface area contributed by atoms with Gasteiger partial charge in [-0.05, 0) is 61.3 Å². The maximum atomic E-state index is 13.4. The first-order chi connectivity index (χ1) is 14.0. The summed E-state index contributed by atoms with van der Waals surface area (Å²) in [5.41, 5.74) is 2.61. The van der Waals surface area contributed by atoms with E-state index in [0.29, 0.717) is 30.0 Å². The lowest BCUT2D eigenvalue weighted by molar-refractivity contribution is 0.314. The van der Waals surface area contributed by atoms with Crippen LogP contribution < -0.4 is 15.7 Å². The van der Waals surface area contributed by atoms with E-state index >= 15 is 0 Å². The maximum absolute atomic E-state index is 13.4. The molecule has 0 amide bonds. The zero-order valence-corrected chi connectivity index (χ0v) is 16.6. The highest BCUT2D eigenvalue weighted by molar-refractivity contribution is 6.31. The quantitative estimate of drug-likeness (QED) is 0.343. The van der Waals surface area contributed by atoms with Crippen molar-refractivity contribution in [2.75, 3.05) is 19.7 Å². The van der Waals surface area contributed by atoms with Crippen LogP contribution in [0.25, 0.3) is 21.9 Å². The summed E-state index contributed by atoms with van der Waals surface area (Å²) in [6.45, 7) is 3.65. The van der Waals surface area contributed by atoms with Crippen molar-refractivity contribution in [2.24, 2.45) is 0 Å². The van der Waals surface area contributed by atoms with Gasteiger partial charge in [-0.1, -0.05) is 11.6 Å². The Morgan fingerprint density at radius 3 is 2.90 bits per heavy atom. The number of aromatic nitrogens is 1. The van der Waals surface area contributed by atoms with Gasteiger partial charge in [0.1, 0.15) is 28.8 Å². The molecule has 0 aliphatic heterocycles. The van der Waals surface area contributed by atoms with E-state index in [4.69, 9.17) is 20.8 Å². The largest absolute Gasteiger partial charge is 0.492 e.